The van der Waals surface area contributed by atoms with E-state index in [1.807, 2.05) is 6.20 Å². The van der Waals surface area contributed by atoms with E-state index in [2.05, 4.69) is 55.6 Å². The highest BCUT2D eigenvalue weighted by molar-refractivity contribution is 5.33. The third kappa shape index (κ3) is 3.01. The van der Waals surface area contributed by atoms with Crippen molar-refractivity contribution in [2.75, 3.05) is 6.54 Å². The third-order valence-electron chi connectivity index (χ3n) is 4.47. The Labute approximate surface area is 127 Å². The number of fused-ring (bicyclic) bond motifs is 1. The van der Waals surface area contributed by atoms with E-state index in [-0.39, 0.29) is 0 Å². The summed E-state index contributed by atoms with van der Waals surface area (Å²) in [5.41, 5.74) is 5.45. The highest BCUT2D eigenvalue weighted by Crippen LogP contribution is 2.39. The Morgan fingerprint density at radius 2 is 2.19 bits per heavy atom. The van der Waals surface area contributed by atoms with E-state index in [1.54, 1.807) is 0 Å². The molecule has 2 atom stereocenters. The maximum atomic E-state index is 4.71. The molecule has 2 aromatic rings. The highest BCUT2D eigenvalue weighted by Gasteiger charge is 2.29. The van der Waals surface area contributed by atoms with E-state index in [4.69, 9.17) is 4.98 Å². The topological polar surface area (TPSA) is 24.9 Å². The Kier molecular flexibility index (Phi) is 4.35. The summed E-state index contributed by atoms with van der Waals surface area (Å²) in [6.45, 7) is 5.34. The smallest absolute Gasteiger partial charge is 0.0485 e. The molecule has 0 saturated heterocycles. The Morgan fingerprint density at radius 3 is 3.00 bits per heavy atom. The van der Waals surface area contributed by atoms with Crippen molar-refractivity contribution in [3.05, 3.63) is 65.0 Å². The molecule has 1 aromatic heterocycles. The molecule has 21 heavy (non-hydrogen) atoms. The van der Waals surface area contributed by atoms with Crippen LogP contribution in [0.1, 0.15) is 54.1 Å². The Hall–Kier alpha value is -1.67. The van der Waals surface area contributed by atoms with Crippen molar-refractivity contribution in [3.63, 3.8) is 0 Å². The first kappa shape index (κ1) is 14.3. The van der Waals surface area contributed by atoms with Crippen molar-refractivity contribution in [3.8, 4) is 0 Å². The van der Waals surface area contributed by atoms with E-state index in [1.165, 1.54) is 41.6 Å². The number of hydrogen-bond acceptors (Lipinski definition) is 2. The Bertz CT molecular complexity index is 606. The van der Waals surface area contributed by atoms with Gasteiger partial charge in [-0.05, 0) is 49.9 Å². The van der Waals surface area contributed by atoms with Gasteiger partial charge in [0, 0.05) is 23.9 Å². The standard InChI is InChI=1S/C19H24N2/c1-3-20-19(16-9-4-7-14(2)13-16)17-11-5-8-15-10-6-12-21-18(15)17/h4,6-7,9-10,12-13,17,19-20H,3,5,8,11H2,1-2H3. The monoisotopic (exact) mass is 280 g/mol. The van der Waals surface area contributed by atoms with Crippen molar-refractivity contribution in [1.82, 2.24) is 10.3 Å². The van der Waals surface area contributed by atoms with Crippen molar-refractivity contribution in [2.45, 2.75) is 45.1 Å². The zero-order valence-corrected chi connectivity index (χ0v) is 13.0. The van der Waals surface area contributed by atoms with Crippen LogP contribution in [-0.4, -0.2) is 11.5 Å². The van der Waals surface area contributed by atoms with Crippen molar-refractivity contribution >= 4 is 0 Å². The number of aromatic nitrogens is 1. The van der Waals surface area contributed by atoms with Crippen molar-refractivity contribution in [2.24, 2.45) is 0 Å². The fourth-order valence-corrected chi connectivity index (χ4v) is 3.55. The van der Waals surface area contributed by atoms with E-state index in [0.717, 1.165) is 6.54 Å². The lowest BCUT2D eigenvalue weighted by Gasteiger charge is -2.32. The molecule has 0 fully saturated rings. The van der Waals surface area contributed by atoms with Gasteiger partial charge in [-0.25, -0.2) is 0 Å². The van der Waals surface area contributed by atoms with Crippen LogP contribution in [0.15, 0.2) is 42.6 Å². The molecule has 0 bridgehead atoms. The molecule has 1 aliphatic rings. The number of pyridine rings is 1. The van der Waals surface area contributed by atoms with Crippen LogP contribution in [0.2, 0.25) is 0 Å². The molecule has 1 heterocycles. The average Bonchev–Trinajstić information content (AvgIpc) is 2.52. The van der Waals surface area contributed by atoms with Gasteiger partial charge in [0.25, 0.3) is 0 Å². The number of nitrogens with one attached hydrogen (secondary N) is 1. The number of likely N-dealkylation sites (N-methyl/N-ethyl adjacent to an activating group) is 1. The summed E-state index contributed by atoms with van der Waals surface area (Å²) in [6, 6.07) is 13.6. The normalized spacial score (nSPS) is 19.0. The van der Waals surface area contributed by atoms with Crippen LogP contribution >= 0.6 is 0 Å². The first-order valence-corrected chi connectivity index (χ1v) is 8.03. The molecule has 110 valence electrons. The van der Waals surface area contributed by atoms with Gasteiger partial charge >= 0.3 is 0 Å². The maximum Gasteiger partial charge on any atom is 0.0485 e. The number of benzene rings is 1. The summed E-state index contributed by atoms with van der Waals surface area (Å²) in [4.78, 5) is 4.71. The van der Waals surface area contributed by atoms with Crippen LogP contribution < -0.4 is 5.32 Å². The minimum atomic E-state index is 0.365. The summed E-state index contributed by atoms with van der Waals surface area (Å²) >= 11 is 0. The molecule has 2 unspecified atom stereocenters. The molecule has 3 rings (SSSR count). The fraction of sp³-hybridized carbons (Fsp3) is 0.421. The predicted octanol–water partition coefficient (Wildman–Crippen LogP) is 4.16. The molecule has 1 aliphatic carbocycles. The van der Waals surface area contributed by atoms with Crippen molar-refractivity contribution in [1.29, 1.82) is 0 Å². The van der Waals surface area contributed by atoms with Crippen molar-refractivity contribution < 1.29 is 0 Å². The van der Waals surface area contributed by atoms with Gasteiger partial charge in [-0.1, -0.05) is 42.8 Å². The first-order chi connectivity index (χ1) is 10.3. The lowest BCUT2D eigenvalue weighted by molar-refractivity contribution is 0.400. The molecular weight excluding hydrogens is 256 g/mol. The summed E-state index contributed by atoms with van der Waals surface area (Å²) in [7, 11) is 0. The summed E-state index contributed by atoms with van der Waals surface area (Å²) in [6.07, 6.45) is 5.59. The minimum absolute atomic E-state index is 0.365. The maximum absolute atomic E-state index is 4.71. The fourth-order valence-electron chi connectivity index (χ4n) is 3.55. The van der Waals surface area contributed by atoms with Gasteiger partial charge in [0.05, 0.1) is 0 Å². The second-order valence-electron chi connectivity index (χ2n) is 6.00. The molecule has 0 spiro atoms. The number of aryl methyl sites for hydroxylation is 2. The van der Waals surface area contributed by atoms with Gasteiger partial charge in [-0.15, -0.1) is 0 Å². The van der Waals surface area contributed by atoms with Crippen LogP contribution in [0.5, 0.6) is 0 Å². The quantitative estimate of drug-likeness (QED) is 0.909. The number of hydrogen-bond donors (Lipinski definition) is 1. The van der Waals surface area contributed by atoms with E-state index in [9.17, 15) is 0 Å². The van der Waals surface area contributed by atoms with Crippen LogP contribution in [0.3, 0.4) is 0 Å². The SMILES string of the molecule is CCNC(c1cccc(C)c1)C1CCCc2cccnc21. The summed E-state index contributed by atoms with van der Waals surface area (Å²) in [5.74, 6) is 0.483. The zero-order chi connectivity index (χ0) is 14.7. The number of rotatable bonds is 4. The largest absolute Gasteiger partial charge is 0.310 e. The second kappa shape index (κ2) is 6.40. The third-order valence-corrected chi connectivity index (χ3v) is 4.47. The van der Waals surface area contributed by atoms with Gasteiger partial charge in [0.1, 0.15) is 0 Å². The lowest BCUT2D eigenvalue weighted by atomic mass is 9.79. The molecule has 1 N–H and O–H groups in total. The molecule has 0 aliphatic heterocycles. The van der Waals surface area contributed by atoms with Crippen LogP contribution in [0.4, 0.5) is 0 Å². The van der Waals surface area contributed by atoms with Gasteiger partial charge in [-0.3, -0.25) is 4.98 Å². The van der Waals surface area contributed by atoms with Crippen LogP contribution in [-0.2, 0) is 6.42 Å². The molecule has 0 amide bonds. The van der Waals surface area contributed by atoms with E-state index in [0.29, 0.717) is 12.0 Å². The van der Waals surface area contributed by atoms with Crippen LogP contribution in [0, 0.1) is 6.92 Å². The Balaban J connectivity index is 1.99. The highest BCUT2D eigenvalue weighted by atomic mass is 14.9. The second-order valence-corrected chi connectivity index (χ2v) is 6.00. The summed E-state index contributed by atoms with van der Waals surface area (Å²) < 4.78 is 0. The van der Waals surface area contributed by atoms with Gasteiger partial charge in [-0.2, -0.15) is 0 Å². The summed E-state index contributed by atoms with van der Waals surface area (Å²) in [5, 5.41) is 3.70. The van der Waals surface area contributed by atoms with Gasteiger partial charge < -0.3 is 5.32 Å². The first-order valence-electron chi connectivity index (χ1n) is 8.03. The van der Waals surface area contributed by atoms with Crippen LogP contribution in [0.25, 0.3) is 0 Å². The lowest BCUT2D eigenvalue weighted by Crippen LogP contribution is -2.30. The molecule has 0 radical (unpaired) electrons. The number of nitrogens with zero attached hydrogens (tertiary/aromatic N) is 1. The molecule has 2 nitrogen and oxygen atoms in total. The Morgan fingerprint density at radius 1 is 1.29 bits per heavy atom. The predicted molar refractivity (Wildman–Crippen MR) is 87.5 cm³/mol. The minimum Gasteiger partial charge on any atom is -0.310 e. The van der Waals surface area contributed by atoms with E-state index >= 15 is 0 Å². The molecule has 1 aromatic carbocycles. The molecular formula is C19H24N2. The molecule has 0 saturated carbocycles. The zero-order valence-electron chi connectivity index (χ0n) is 13.0. The molecule has 2 heteroatoms. The van der Waals surface area contributed by atoms with Gasteiger partial charge in [0.15, 0.2) is 0 Å². The van der Waals surface area contributed by atoms with Gasteiger partial charge in [0.2, 0.25) is 0 Å². The van der Waals surface area contributed by atoms with E-state index < -0.39 is 0 Å². The average molecular weight is 280 g/mol.